The monoisotopic (exact) mass is 467 g/mol. The highest BCUT2D eigenvalue weighted by molar-refractivity contribution is 9.10. The molecule has 0 aromatic heterocycles. The highest BCUT2D eigenvalue weighted by Gasteiger charge is 2.17. The molecular weight excluding hydrogens is 446 g/mol. The van der Waals surface area contributed by atoms with Gasteiger partial charge < -0.3 is 21.1 Å². The van der Waals surface area contributed by atoms with Gasteiger partial charge in [-0.15, -0.1) is 0 Å². The van der Waals surface area contributed by atoms with Gasteiger partial charge in [0.1, 0.15) is 5.75 Å². The van der Waals surface area contributed by atoms with Crippen molar-refractivity contribution in [3.05, 3.63) is 63.6 Å². The molecule has 0 bridgehead atoms. The van der Waals surface area contributed by atoms with Crippen LogP contribution in [0.3, 0.4) is 0 Å². The second-order valence-electron chi connectivity index (χ2n) is 6.18. The summed E-state index contributed by atoms with van der Waals surface area (Å²) < 4.78 is 6.52. The minimum Gasteiger partial charge on any atom is -0.494 e. The minimum absolute atomic E-state index is 0.117. The van der Waals surface area contributed by atoms with Crippen LogP contribution in [0, 0.1) is 0 Å². The Morgan fingerprint density at radius 1 is 1.07 bits per heavy atom. The van der Waals surface area contributed by atoms with Gasteiger partial charge in [-0.25, -0.2) is 4.79 Å². The zero-order valence-electron chi connectivity index (χ0n) is 15.3. The summed E-state index contributed by atoms with van der Waals surface area (Å²) in [5.74, 6) is 0.614. The van der Waals surface area contributed by atoms with Crippen molar-refractivity contribution >= 4 is 39.5 Å². The first kappa shape index (κ1) is 22.0. The number of nitrogens with two attached hydrogens (primary N) is 1. The summed E-state index contributed by atoms with van der Waals surface area (Å²) >= 11 is 9.19. The van der Waals surface area contributed by atoms with Crippen molar-refractivity contribution in [2.45, 2.75) is 25.3 Å². The van der Waals surface area contributed by atoms with Gasteiger partial charge in [0.2, 0.25) is 5.91 Å². The summed E-state index contributed by atoms with van der Waals surface area (Å²) in [5, 5.41) is 6.14. The molecule has 2 aromatic carbocycles. The van der Waals surface area contributed by atoms with Crippen LogP contribution in [-0.4, -0.2) is 25.1 Å². The normalized spacial score (nSPS) is 11.5. The second-order valence-corrected chi connectivity index (χ2v) is 7.53. The Hall–Kier alpha value is -2.25. The maximum absolute atomic E-state index is 12.2. The predicted molar refractivity (Wildman–Crippen MR) is 113 cm³/mol. The molecule has 1 unspecified atom stereocenters. The van der Waals surface area contributed by atoms with Crippen LogP contribution in [-0.2, 0) is 4.79 Å². The molecule has 6 nitrogen and oxygen atoms in total. The Bertz CT molecular complexity index is 769. The number of urea groups is 1. The maximum atomic E-state index is 12.2. The zero-order valence-corrected chi connectivity index (χ0v) is 17.6. The number of carbonyl (C=O) groups is 2. The molecule has 0 radical (unpaired) electrons. The molecule has 8 heteroatoms. The third kappa shape index (κ3) is 8.19. The van der Waals surface area contributed by atoms with Crippen LogP contribution in [0.4, 0.5) is 4.79 Å². The average Bonchev–Trinajstić information content (AvgIpc) is 2.65. The van der Waals surface area contributed by atoms with E-state index in [9.17, 15) is 9.59 Å². The fourth-order valence-corrected chi connectivity index (χ4v) is 2.94. The summed E-state index contributed by atoms with van der Waals surface area (Å²) in [6.45, 7) is 1.09. The van der Waals surface area contributed by atoms with E-state index in [-0.39, 0.29) is 12.3 Å². The van der Waals surface area contributed by atoms with E-state index in [1.165, 1.54) is 0 Å². The molecule has 0 aliphatic rings. The fraction of sp³-hybridized carbons (Fsp3) is 0.300. The van der Waals surface area contributed by atoms with Crippen LogP contribution >= 0.6 is 27.5 Å². The SMILES string of the molecule is NC(=O)NC(CC(=O)NCCCCOc1ccc(Cl)cc1)c1ccc(Br)cc1. The van der Waals surface area contributed by atoms with Crippen LogP contribution in [0.1, 0.15) is 30.9 Å². The van der Waals surface area contributed by atoms with E-state index in [1.807, 2.05) is 36.4 Å². The molecule has 28 heavy (non-hydrogen) atoms. The van der Waals surface area contributed by atoms with Crippen molar-refractivity contribution in [1.29, 1.82) is 0 Å². The Labute approximate surface area is 177 Å². The third-order valence-corrected chi connectivity index (χ3v) is 4.73. The topological polar surface area (TPSA) is 93.5 Å². The number of nitrogens with one attached hydrogen (secondary N) is 2. The summed E-state index contributed by atoms with van der Waals surface area (Å²) in [6, 6.07) is 13.4. The smallest absolute Gasteiger partial charge is 0.312 e. The standard InChI is InChI=1S/C20H23BrClN3O3/c21-15-5-3-14(4-6-15)18(25-20(23)27)13-19(26)24-11-1-2-12-28-17-9-7-16(22)8-10-17/h3-10,18H,1-2,11-13H2,(H,24,26)(H3,23,25,27). The van der Waals surface area contributed by atoms with E-state index in [0.29, 0.717) is 18.2 Å². The summed E-state index contributed by atoms with van der Waals surface area (Å²) in [6.07, 6.45) is 1.70. The molecule has 0 spiro atoms. The van der Waals surface area contributed by atoms with Crippen molar-refractivity contribution in [3.63, 3.8) is 0 Å². The largest absolute Gasteiger partial charge is 0.494 e. The van der Waals surface area contributed by atoms with Crippen molar-refractivity contribution in [2.75, 3.05) is 13.2 Å². The first-order valence-corrected chi connectivity index (χ1v) is 10.1. The number of hydrogen-bond acceptors (Lipinski definition) is 3. The third-order valence-electron chi connectivity index (χ3n) is 3.95. The van der Waals surface area contributed by atoms with E-state index in [0.717, 1.165) is 28.6 Å². The number of ether oxygens (including phenoxy) is 1. The van der Waals surface area contributed by atoms with E-state index in [4.69, 9.17) is 22.1 Å². The van der Waals surface area contributed by atoms with Crippen LogP contribution in [0.5, 0.6) is 5.75 Å². The Morgan fingerprint density at radius 2 is 1.75 bits per heavy atom. The van der Waals surface area contributed by atoms with Gasteiger partial charge in [-0.2, -0.15) is 0 Å². The summed E-state index contributed by atoms with van der Waals surface area (Å²) in [4.78, 5) is 23.5. The van der Waals surface area contributed by atoms with Gasteiger partial charge in [0.15, 0.2) is 0 Å². The highest BCUT2D eigenvalue weighted by atomic mass is 79.9. The Kier molecular flexibility index (Phi) is 9.10. The molecule has 2 aromatic rings. The van der Waals surface area contributed by atoms with E-state index in [2.05, 4.69) is 26.6 Å². The zero-order chi connectivity index (χ0) is 20.4. The number of hydrogen-bond donors (Lipinski definition) is 3. The van der Waals surface area contributed by atoms with Gasteiger partial charge in [0.05, 0.1) is 19.1 Å². The number of carbonyl (C=O) groups excluding carboxylic acids is 2. The fourth-order valence-electron chi connectivity index (χ4n) is 2.55. The lowest BCUT2D eigenvalue weighted by molar-refractivity contribution is -0.121. The molecule has 0 aliphatic carbocycles. The molecule has 4 N–H and O–H groups in total. The summed E-state index contributed by atoms with van der Waals surface area (Å²) in [5.41, 5.74) is 6.05. The molecule has 150 valence electrons. The van der Waals surface area contributed by atoms with Gasteiger partial charge >= 0.3 is 6.03 Å². The Balaban J connectivity index is 1.69. The predicted octanol–water partition coefficient (Wildman–Crippen LogP) is 4.18. The second kappa shape index (κ2) is 11.6. The van der Waals surface area contributed by atoms with E-state index >= 15 is 0 Å². The van der Waals surface area contributed by atoms with Gasteiger partial charge in [-0.1, -0.05) is 39.7 Å². The number of benzene rings is 2. The minimum atomic E-state index is -0.667. The number of amides is 3. The van der Waals surface area contributed by atoms with Gasteiger partial charge in [0, 0.05) is 16.0 Å². The number of primary amides is 1. The van der Waals surface area contributed by atoms with Crippen LogP contribution in [0.2, 0.25) is 5.02 Å². The molecule has 0 fully saturated rings. The molecule has 2 rings (SSSR count). The maximum Gasteiger partial charge on any atom is 0.312 e. The lowest BCUT2D eigenvalue weighted by Crippen LogP contribution is -2.36. The van der Waals surface area contributed by atoms with Crippen molar-refractivity contribution < 1.29 is 14.3 Å². The first-order chi connectivity index (χ1) is 13.4. The highest BCUT2D eigenvalue weighted by Crippen LogP contribution is 2.20. The van der Waals surface area contributed by atoms with Crippen LogP contribution in [0.25, 0.3) is 0 Å². The van der Waals surface area contributed by atoms with Crippen molar-refractivity contribution in [3.8, 4) is 5.75 Å². The molecule has 1 atom stereocenters. The average molecular weight is 469 g/mol. The molecular formula is C20H23BrClN3O3. The van der Waals surface area contributed by atoms with Crippen molar-refractivity contribution in [1.82, 2.24) is 10.6 Å². The van der Waals surface area contributed by atoms with Crippen LogP contribution < -0.4 is 21.1 Å². The van der Waals surface area contributed by atoms with E-state index < -0.39 is 12.1 Å². The Morgan fingerprint density at radius 3 is 2.39 bits per heavy atom. The molecule has 0 heterocycles. The first-order valence-electron chi connectivity index (χ1n) is 8.90. The van der Waals surface area contributed by atoms with Crippen molar-refractivity contribution in [2.24, 2.45) is 5.73 Å². The van der Waals surface area contributed by atoms with Gasteiger partial charge in [-0.3, -0.25) is 4.79 Å². The molecule has 0 saturated carbocycles. The van der Waals surface area contributed by atoms with Gasteiger partial charge in [-0.05, 0) is 54.8 Å². The molecule has 0 aliphatic heterocycles. The lowest BCUT2D eigenvalue weighted by atomic mass is 10.0. The summed E-state index contributed by atoms with van der Waals surface area (Å²) in [7, 11) is 0. The number of unbranched alkanes of at least 4 members (excludes halogenated alkanes) is 1. The lowest BCUT2D eigenvalue weighted by Gasteiger charge is -2.18. The molecule has 3 amide bonds. The van der Waals surface area contributed by atoms with E-state index in [1.54, 1.807) is 12.1 Å². The van der Waals surface area contributed by atoms with Gasteiger partial charge in [0.25, 0.3) is 0 Å². The number of halogens is 2. The quantitative estimate of drug-likeness (QED) is 0.457. The number of rotatable bonds is 10. The molecule has 0 saturated heterocycles. The van der Waals surface area contributed by atoms with Crippen LogP contribution in [0.15, 0.2) is 53.0 Å².